The summed E-state index contributed by atoms with van der Waals surface area (Å²) in [6.45, 7) is 1.82. The Balaban J connectivity index is 2.56. The van der Waals surface area contributed by atoms with Crippen LogP contribution in [0, 0.1) is 6.92 Å². The van der Waals surface area contributed by atoms with E-state index in [1.807, 2.05) is 6.92 Å². The molecule has 1 atom stereocenters. The predicted molar refractivity (Wildman–Crippen MR) is 68.1 cm³/mol. The van der Waals surface area contributed by atoms with Gasteiger partial charge in [0.25, 0.3) is 0 Å². The molecule has 0 amide bonds. The van der Waals surface area contributed by atoms with Crippen LogP contribution < -0.4 is 5.32 Å². The van der Waals surface area contributed by atoms with Crippen molar-refractivity contribution >= 4 is 0 Å². The fraction of sp³-hybridized carbons (Fsp3) is 0.385. The van der Waals surface area contributed by atoms with E-state index in [0.29, 0.717) is 5.56 Å². The van der Waals surface area contributed by atoms with Gasteiger partial charge in [-0.25, -0.2) is 0 Å². The molecule has 0 aliphatic heterocycles. The Morgan fingerprint density at radius 3 is 2.45 bits per heavy atom. The molecule has 1 unspecified atom stereocenters. The smallest absolute Gasteiger partial charge is 0.309 e. The Kier molecular flexibility index (Phi) is 3.80. The number of nitrogens with zero attached hydrogens (tertiary/aromatic N) is 3. The Hall–Kier alpha value is -1.89. The second kappa shape index (κ2) is 5.24. The van der Waals surface area contributed by atoms with Crippen molar-refractivity contribution in [2.45, 2.75) is 19.1 Å². The summed E-state index contributed by atoms with van der Waals surface area (Å²) in [5, 5.41) is 6.99. The number of pyridine rings is 1. The highest BCUT2D eigenvalue weighted by Gasteiger charge is 2.35. The summed E-state index contributed by atoms with van der Waals surface area (Å²) >= 11 is 0. The fourth-order valence-corrected chi connectivity index (χ4v) is 2.17. The van der Waals surface area contributed by atoms with Crippen molar-refractivity contribution < 1.29 is 13.2 Å². The van der Waals surface area contributed by atoms with Crippen LogP contribution in [0.3, 0.4) is 0 Å². The number of alkyl halides is 3. The first-order valence-corrected chi connectivity index (χ1v) is 6.03. The van der Waals surface area contributed by atoms with Crippen LogP contribution in [-0.4, -0.2) is 21.8 Å². The zero-order valence-corrected chi connectivity index (χ0v) is 11.4. The van der Waals surface area contributed by atoms with Crippen molar-refractivity contribution in [3.05, 3.63) is 47.0 Å². The quantitative estimate of drug-likeness (QED) is 0.941. The van der Waals surface area contributed by atoms with Gasteiger partial charge < -0.3 is 5.32 Å². The summed E-state index contributed by atoms with van der Waals surface area (Å²) in [5.41, 5.74) is 0.920. The minimum absolute atomic E-state index is 0.0959. The standard InChI is InChI=1S/C13H15F3N4/c1-8-9(7-19-20(8)3)12(17-2)10-6-18-5-4-11(10)13(14,15)16/h4-7,12,17H,1-3H3. The first kappa shape index (κ1) is 14.5. The molecule has 2 heterocycles. The van der Waals surface area contributed by atoms with Crippen LogP contribution in [0.4, 0.5) is 13.2 Å². The number of nitrogens with one attached hydrogen (secondary N) is 1. The topological polar surface area (TPSA) is 42.7 Å². The molecular formula is C13H15F3N4. The van der Waals surface area contributed by atoms with Crippen LogP contribution in [0.2, 0.25) is 0 Å². The molecular weight excluding hydrogens is 269 g/mol. The van der Waals surface area contributed by atoms with E-state index in [0.717, 1.165) is 18.0 Å². The molecule has 2 aromatic heterocycles. The Morgan fingerprint density at radius 1 is 1.25 bits per heavy atom. The van der Waals surface area contributed by atoms with Gasteiger partial charge in [0.1, 0.15) is 0 Å². The fourth-order valence-electron chi connectivity index (χ4n) is 2.17. The van der Waals surface area contributed by atoms with Gasteiger partial charge in [-0.05, 0) is 20.0 Å². The van der Waals surface area contributed by atoms with Crippen molar-refractivity contribution in [2.75, 3.05) is 7.05 Å². The van der Waals surface area contributed by atoms with Crippen LogP contribution >= 0.6 is 0 Å². The van der Waals surface area contributed by atoms with Crippen LogP contribution in [0.25, 0.3) is 0 Å². The molecule has 0 saturated carbocycles. The largest absolute Gasteiger partial charge is 0.416 e. The summed E-state index contributed by atoms with van der Waals surface area (Å²) < 4.78 is 40.9. The molecule has 0 radical (unpaired) electrons. The summed E-state index contributed by atoms with van der Waals surface area (Å²) in [7, 11) is 3.36. The SMILES string of the molecule is CNC(c1cnccc1C(F)(F)F)c1cnn(C)c1C. The van der Waals surface area contributed by atoms with E-state index in [1.165, 1.54) is 6.20 Å². The van der Waals surface area contributed by atoms with E-state index in [1.54, 1.807) is 25.0 Å². The van der Waals surface area contributed by atoms with Crippen molar-refractivity contribution in [2.24, 2.45) is 7.05 Å². The number of aryl methyl sites for hydroxylation is 1. The minimum atomic E-state index is -4.41. The van der Waals surface area contributed by atoms with Gasteiger partial charge >= 0.3 is 6.18 Å². The summed E-state index contributed by atoms with van der Waals surface area (Å²) in [4.78, 5) is 3.82. The van der Waals surface area contributed by atoms with Gasteiger partial charge in [-0.3, -0.25) is 9.67 Å². The van der Waals surface area contributed by atoms with Gasteiger partial charge in [0.15, 0.2) is 0 Å². The third kappa shape index (κ3) is 2.53. The average Bonchev–Trinajstić information content (AvgIpc) is 2.72. The maximum atomic E-state index is 13.1. The number of aromatic nitrogens is 3. The molecule has 2 aromatic rings. The van der Waals surface area contributed by atoms with Crippen LogP contribution in [0.15, 0.2) is 24.7 Å². The molecule has 4 nitrogen and oxygen atoms in total. The van der Waals surface area contributed by atoms with Crippen molar-refractivity contribution in [3.8, 4) is 0 Å². The first-order valence-electron chi connectivity index (χ1n) is 6.03. The monoisotopic (exact) mass is 284 g/mol. The molecule has 7 heteroatoms. The van der Waals surface area contributed by atoms with Crippen molar-refractivity contribution in [3.63, 3.8) is 0 Å². The second-order valence-electron chi connectivity index (χ2n) is 4.49. The molecule has 0 aliphatic carbocycles. The lowest BCUT2D eigenvalue weighted by Gasteiger charge is -2.20. The minimum Gasteiger partial charge on any atom is -0.309 e. The van der Waals surface area contributed by atoms with Gasteiger partial charge in [-0.1, -0.05) is 0 Å². The normalized spacial score (nSPS) is 13.5. The van der Waals surface area contributed by atoms with Gasteiger partial charge in [-0.15, -0.1) is 0 Å². The molecule has 2 rings (SSSR count). The molecule has 0 bridgehead atoms. The summed E-state index contributed by atoms with van der Waals surface area (Å²) in [6, 6.07) is 0.389. The van der Waals surface area contributed by atoms with E-state index < -0.39 is 17.8 Å². The molecule has 20 heavy (non-hydrogen) atoms. The third-order valence-electron chi connectivity index (χ3n) is 3.34. The van der Waals surface area contributed by atoms with Crippen LogP contribution in [0.1, 0.15) is 28.4 Å². The van der Waals surface area contributed by atoms with E-state index >= 15 is 0 Å². The molecule has 0 fully saturated rings. The first-order chi connectivity index (χ1) is 9.36. The molecule has 0 spiro atoms. The summed E-state index contributed by atoms with van der Waals surface area (Å²) in [5.74, 6) is 0. The lowest BCUT2D eigenvalue weighted by atomic mass is 9.96. The molecule has 0 aromatic carbocycles. The average molecular weight is 284 g/mol. The number of hydrogen-bond donors (Lipinski definition) is 1. The Bertz CT molecular complexity index is 604. The van der Waals surface area contributed by atoms with E-state index in [-0.39, 0.29) is 5.56 Å². The van der Waals surface area contributed by atoms with Gasteiger partial charge in [0.2, 0.25) is 0 Å². The Morgan fingerprint density at radius 2 is 1.95 bits per heavy atom. The molecule has 0 aliphatic rings. The van der Waals surface area contributed by atoms with Gasteiger partial charge in [0, 0.05) is 36.3 Å². The number of hydrogen-bond acceptors (Lipinski definition) is 3. The second-order valence-corrected chi connectivity index (χ2v) is 4.49. The van der Waals surface area contributed by atoms with Gasteiger partial charge in [-0.2, -0.15) is 18.3 Å². The van der Waals surface area contributed by atoms with E-state index in [9.17, 15) is 13.2 Å². The lowest BCUT2D eigenvalue weighted by Crippen LogP contribution is -2.22. The zero-order valence-electron chi connectivity index (χ0n) is 11.4. The van der Waals surface area contributed by atoms with E-state index in [2.05, 4.69) is 15.4 Å². The van der Waals surface area contributed by atoms with Crippen LogP contribution in [0.5, 0.6) is 0 Å². The van der Waals surface area contributed by atoms with Gasteiger partial charge in [0.05, 0.1) is 17.8 Å². The summed E-state index contributed by atoms with van der Waals surface area (Å²) in [6.07, 6.45) is -0.446. The highest BCUT2D eigenvalue weighted by Crippen LogP contribution is 2.36. The molecule has 108 valence electrons. The van der Waals surface area contributed by atoms with Crippen molar-refractivity contribution in [1.82, 2.24) is 20.1 Å². The number of rotatable bonds is 3. The highest BCUT2D eigenvalue weighted by molar-refractivity contribution is 5.37. The highest BCUT2D eigenvalue weighted by atomic mass is 19.4. The van der Waals surface area contributed by atoms with Crippen molar-refractivity contribution in [1.29, 1.82) is 0 Å². The lowest BCUT2D eigenvalue weighted by molar-refractivity contribution is -0.138. The van der Waals surface area contributed by atoms with Crippen LogP contribution in [-0.2, 0) is 13.2 Å². The van der Waals surface area contributed by atoms with E-state index in [4.69, 9.17) is 0 Å². The Labute approximate surface area is 114 Å². The maximum absolute atomic E-state index is 13.1. The molecule has 1 N–H and O–H groups in total. The maximum Gasteiger partial charge on any atom is 0.416 e. The zero-order chi connectivity index (χ0) is 14.9. The molecule has 0 saturated heterocycles. The predicted octanol–water partition coefficient (Wildman–Crippen LogP) is 2.45. The third-order valence-corrected chi connectivity index (χ3v) is 3.34. The number of halogens is 3.